The van der Waals surface area contributed by atoms with Crippen LogP contribution in [0.5, 0.6) is 0 Å². The molecule has 12 heavy (non-hydrogen) atoms. The first-order valence-electron chi connectivity index (χ1n) is 4.80. The highest BCUT2D eigenvalue weighted by Gasteiger charge is 2.53. The predicted molar refractivity (Wildman–Crippen MR) is 48.9 cm³/mol. The monoisotopic (exact) mass is 164 g/mol. The summed E-state index contributed by atoms with van der Waals surface area (Å²) in [6, 6.07) is 0.123. The third kappa shape index (κ3) is 1.14. The molecule has 2 heteroatoms. The summed E-state index contributed by atoms with van der Waals surface area (Å²) >= 11 is 0. The van der Waals surface area contributed by atoms with Crippen LogP contribution in [0.25, 0.3) is 0 Å². The van der Waals surface area contributed by atoms with Gasteiger partial charge >= 0.3 is 0 Å². The molecule has 2 fully saturated rings. The fourth-order valence-electron chi connectivity index (χ4n) is 2.81. The SMILES string of the molecule is C#CC(NN)C1C2CCCCC21. The van der Waals surface area contributed by atoms with Crippen LogP contribution in [0.3, 0.4) is 0 Å². The van der Waals surface area contributed by atoms with Crippen LogP contribution in [0.4, 0.5) is 0 Å². The van der Waals surface area contributed by atoms with Crippen LogP contribution in [0, 0.1) is 30.1 Å². The van der Waals surface area contributed by atoms with Gasteiger partial charge in [-0.05, 0) is 30.6 Å². The minimum atomic E-state index is 0.123. The molecule has 0 aromatic heterocycles. The zero-order valence-corrected chi connectivity index (χ0v) is 7.29. The molecule has 3 atom stereocenters. The average molecular weight is 164 g/mol. The molecule has 0 aromatic rings. The van der Waals surface area contributed by atoms with E-state index in [1.165, 1.54) is 25.7 Å². The molecule has 3 N–H and O–H groups in total. The summed E-state index contributed by atoms with van der Waals surface area (Å²) in [6.45, 7) is 0. The molecule has 2 aliphatic carbocycles. The van der Waals surface area contributed by atoms with Crippen molar-refractivity contribution >= 4 is 0 Å². The van der Waals surface area contributed by atoms with E-state index in [0.717, 1.165) is 11.8 Å². The summed E-state index contributed by atoms with van der Waals surface area (Å²) in [4.78, 5) is 0. The fourth-order valence-corrected chi connectivity index (χ4v) is 2.81. The van der Waals surface area contributed by atoms with Crippen molar-refractivity contribution in [3.63, 3.8) is 0 Å². The third-order valence-corrected chi connectivity index (χ3v) is 3.47. The van der Waals surface area contributed by atoms with Crippen molar-refractivity contribution in [1.29, 1.82) is 0 Å². The van der Waals surface area contributed by atoms with Gasteiger partial charge < -0.3 is 0 Å². The number of hydrogen-bond acceptors (Lipinski definition) is 2. The lowest BCUT2D eigenvalue weighted by atomic mass is 10.0. The number of hydrazine groups is 1. The summed E-state index contributed by atoms with van der Waals surface area (Å²) in [7, 11) is 0. The molecule has 2 aliphatic rings. The Morgan fingerprint density at radius 3 is 2.33 bits per heavy atom. The molecule has 2 saturated carbocycles. The van der Waals surface area contributed by atoms with Gasteiger partial charge in [0.25, 0.3) is 0 Å². The minimum absolute atomic E-state index is 0.123. The van der Waals surface area contributed by atoms with Gasteiger partial charge in [0.05, 0.1) is 6.04 Å². The van der Waals surface area contributed by atoms with Crippen molar-refractivity contribution in [1.82, 2.24) is 5.43 Å². The lowest BCUT2D eigenvalue weighted by Crippen LogP contribution is -2.36. The van der Waals surface area contributed by atoms with E-state index in [1.54, 1.807) is 0 Å². The highest BCUT2D eigenvalue weighted by atomic mass is 15.2. The van der Waals surface area contributed by atoms with Crippen LogP contribution in [-0.2, 0) is 0 Å². The Bertz CT molecular complexity index is 194. The zero-order chi connectivity index (χ0) is 8.55. The van der Waals surface area contributed by atoms with E-state index in [4.69, 9.17) is 12.3 Å². The van der Waals surface area contributed by atoms with Crippen LogP contribution in [0.1, 0.15) is 25.7 Å². The summed E-state index contributed by atoms with van der Waals surface area (Å²) in [5.41, 5.74) is 2.73. The molecule has 0 bridgehead atoms. The molecule has 0 saturated heterocycles. The quantitative estimate of drug-likeness (QED) is 0.361. The summed E-state index contributed by atoms with van der Waals surface area (Å²) in [5.74, 6) is 10.6. The Morgan fingerprint density at radius 2 is 1.92 bits per heavy atom. The largest absolute Gasteiger partial charge is 0.270 e. The molecule has 0 heterocycles. The van der Waals surface area contributed by atoms with Crippen molar-refractivity contribution in [3.05, 3.63) is 0 Å². The van der Waals surface area contributed by atoms with Crippen molar-refractivity contribution < 1.29 is 0 Å². The van der Waals surface area contributed by atoms with Crippen molar-refractivity contribution in [3.8, 4) is 12.3 Å². The lowest BCUT2D eigenvalue weighted by Gasteiger charge is -2.07. The maximum atomic E-state index is 5.39. The van der Waals surface area contributed by atoms with E-state index in [2.05, 4.69) is 11.3 Å². The maximum Gasteiger partial charge on any atom is 0.0848 e. The number of nitrogens with two attached hydrogens (primary N) is 1. The van der Waals surface area contributed by atoms with Crippen LogP contribution in [0.2, 0.25) is 0 Å². The second kappa shape index (κ2) is 3.08. The van der Waals surface area contributed by atoms with Gasteiger partial charge in [-0.15, -0.1) is 6.42 Å². The van der Waals surface area contributed by atoms with Crippen LogP contribution < -0.4 is 11.3 Å². The second-order valence-electron chi connectivity index (χ2n) is 4.00. The normalized spacial score (nSPS) is 41.2. The Balaban J connectivity index is 1.95. The van der Waals surface area contributed by atoms with Crippen LogP contribution >= 0.6 is 0 Å². The number of fused-ring (bicyclic) bond motifs is 1. The highest BCUT2D eigenvalue weighted by molar-refractivity contribution is 5.13. The highest BCUT2D eigenvalue weighted by Crippen LogP contribution is 2.56. The van der Waals surface area contributed by atoms with E-state index in [-0.39, 0.29) is 6.04 Å². The molecular weight excluding hydrogens is 148 g/mol. The molecule has 0 aromatic carbocycles. The Morgan fingerprint density at radius 1 is 1.33 bits per heavy atom. The Hall–Kier alpha value is -0.520. The third-order valence-electron chi connectivity index (χ3n) is 3.47. The average Bonchev–Trinajstić information content (AvgIpc) is 2.83. The molecule has 2 rings (SSSR count). The predicted octanol–water partition coefficient (Wildman–Crippen LogP) is 0.888. The molecule has 0 radical (unpaired) electrons. The number of rotatable bonds is 2. The van der Waals surface area contributed by atoms with Gasteiger partial charge in [-0.3, -0.25) is 5.84 Å². The first-order valence-corrected chi connectivity index (χ1v) is 4.80. The van der Waals surface area contributed by atoms with Gasteiger partial charge in [-0.2, -0.15) is 0 Å². The summed E-state index contributed by atoms with van der Waals surface area (Å²) < 4.78 is 0. The summed E-state index contributed by atoms with van der Waals surface area (Å²) in [6.07, 6.45) is 10.9. The first-order chi connectivity index (χ1) is 5.88. The molecule has 0 amide bonds. The number of nitrogens with one attached hydrogen (secondary N) is 1. The number of hydrogen-bond donors (Lipinski definition) is 2. The smallest absolute Gasteiger partial charge is 0.0848 e. The number of terminal acetylenes is 1. The molecule has 0 spiro atoms. The topological polar surface area (TPSA) is 38.0 Å². The molecular formula is C10H16N2. The van der Waals surface area contributed by atoms with E-state index in [1.807, 2.05) is 0 Å². The van der Waals surface area contributed by atoms with Crippen LogP contribution in [-0.4, -0.2) is 6.04 Å². The van der Waals surface area contributed by atoms with Crippen molar-refractivity contribution in [2.24, 2.45) is 23.6 Å². The van der Waals surface area contributed by atoms with Gasteiger partial charge in [0.2, 0.25) is 0 Å². The lowest BCUT2D eigenvalue weighted by molar-refractivity contribution is 0.480. The van der Waals surface area contributed by atoms with E-state index < -0.39 is 0 Å². The second-order valence-corrected chi connectivity index (χ2v) is 4.00. The van der Waals surface area contributed by atoms with Gasteiger partial charge in [0.1, 0.15) is 0 Å². The van der Waals surface area contributed by atoms with E-state index in [9.17, 15) is 0 Å². The standard InChI is InChI=1S/C10H16N2/c1-2-9(12-11)10-7-5-3-4-6-8(7)10/h1,7-10,12H,3-6,11H2. The minimum Gasteiger partial charge on any atom is -0.270 e. The molecule has 2 nitrogen and oxygen atoms in total. The van der Waals surface area contributed by atoms with E-state index in [0.29, 0.717) is 5.92 Å². The van der Waals surface area contributed by atoms with Gasteiger partial charge in [0, 0.05) is 0 Å². The zero-order valence-electron chi connectivity index (χ0n) is 7.29. The maximum absolute atomic E-state index is 5.39. The first kappa shape index (κ1) is 8.10. The van der Waals surface area contributed by atoms with Gasteiger partial charge in [0.15, 0.2) is 0 Å². The molecule has 66 valence electrons. The fraction of sp³-hybridized carbons (Fsp3) is 0.800. The Labute approximate surface area is 73.9 Å². The summed E-state index contributed by atoms with van der Waals surface area (Å²) in [5, 5.41) is 0. The van der Waals surface area contributed by atoms with Crippen molar-refractivity contribution in [2.45, 2.75) is 31.7 Å². The molecule has 0 aliphatic heterocycles. The van der Waals surface area contributed by atoms with E-state index >= 15 is 0 Å². The van der Waals surface area contributed by atoms with Crippen molar-refractivity contribution in [2.75, 3.05) is 0 Å². The molecule has 3 unspecified atom stereocenters. The van der Waals surface area contributed by atoms with Gasteiger partial charge in [-0.25, -0.2) is 5.43 Å². The Kier molecular flexibility index (Phi) is 2.08. The van der Waals surface area contributed by atoms with Gasteiger partial charge in [-0.1, -0.05) is 18.8 Å². The van der Waals surface area contributed by atoms with Crippen LogP contribution in [0.15, 0.2) is 0 Å².